The minimum absolute atomic E-state index is 0.0459. The molecule has 3 aromatic rings. The standard InChI is InChI=1S/C15H14N2OS/c1-3-12-16-13(9(2)15(18)17-12)11-6-4-5-10-7-8-19-14(10)11/h4-8H,3H2,1-2H3,(H,16,17,18). The molecule has 2 heterocycles. The lowest BCUT2D eigenvalue weighted by atomic mass is 10.1. The Kier molecular flexibility index (Phi) is 2.95. The van der Waals surface area contributed by atoms with Crippen LogP contribution in [0.4, 0.5) is 0 Å². The first-order chi connectivity index (χ1) is 9.20. The maximum absolute atomic E-state index is 12.0. The van der Waals surface area contributed by atoms with Crippen LogP contribution in [0.15, 0.2) is 34.4 Å². The molecule has 1 aromatic carbocycles. The Morgan fingerprint density at radius 2 is 2.16 bits per heavy atom. The summed E-state index contributed by atoms with van der Waals surface area (Å²) < 4.78 is 1.19. The van der Waals surface area contributed by atoms with Crippen LogP contribution in [0, 0.1) is 6.92 Å². The smallest absolute Gasteiger partial charge is 0.254 e. The molecule has 0 bridgehead atoms. The second kappa shape index (κ2) is 4.63. The van der Waals surface area contributed by atoms with Gasteiger partial charge in [-0.05, 0) is 23.8 Å². The van der Waals surface area contributed by atoms with Crippen molar-refractivity contribution in [1.82, 2.24) is 9.97 Å². The SMILES string of the molecule is CCc1nc(-c2cccc3ccsc23)c(C)c(=O)[nH]1. The molecule has 3 rings (SSSR count). The Hall–Kier alpha value is -1.94. The number of hydrogen-bond acceptors (Lipinski definition) is 3. The van der Waals surface area contributed by atoms with E-state index in [1.165, 1.54) is 10.1 Å². The number of nitrogens with one attached hydrogen (secondary N) is 1. The molecule has 1 N–H and O–H groups in total. The summed E-state index contributed by atoms with van der Waals surface area (Å²) in [5.74, 6) is 0.735. The van der Waals surface area contributed by atoms with Gasteiger partial charge in [0, 0.05) is 22.2 Å². The van der Waals surface area contributed by atoms with Gasteiger partial charge in [-0.25, -0.2) is 4.98 Å². The summed E-state index contributed by atoms with van der Waals surface area (Å²) in [6.07, 6.45) is 0.725. The number of nitrogens with zero attached hydrogens (tertiary/aromatic N) is 1. The number of aryl methyl sites for hydroxylation is 1. The first-order valence-electron chi connectivity index (χ1n) is 6.27. The zero-order chi connectivity index (χ0) is 13.4. The largest absolute Gasteiger partial charge is 0.310 e. The second-order valence-corrected chi connectivity index (χ2v) is 5.40. The van der Waals surface area contributed by atoms with Crippen LogP contribution in [0.3, 0.4) is 0 Å². The molecule has 0 saturated heterocycles. The van der Waals surface area contributed by atoms with Gasteiger partial charge < -0.3 is 4.98 Å². The van der Waals surface area contributed by atoms with Crippen molar-refractivity contribution >= 4 is 21.4 Å². The third-order valence-corrected chi connectivity index (χ3v) is 4.23. The zero-order valence-electron chi connectivity index (χ0n) is 10.9. The highest BCUT2D eigenvalue weighted by Crippen LogP contribution is 2.32. The van der Waals surface area contributed by atoms with Gasteiger partial charge in [0.15, 0.2) is 0 Å². The van der Waals surface area contributed by atoms with E-state index in [1.54, 1.807) is 11.3 Å². The molecule has 0 aliphatic heterocycles. The van der Waals surface area contributed by atoms with Crippen LogP contribution in [0.25, 0.3) is 21.3 Å². The Morgan fingerprint density at radius 1 is 1.32 bits per heavy atom. The fraction of sp³-hybridized carbons (Fsp3) is 0.200. The average Bonchev–Trinajstić information content (AvgIpc) is 2.90. The number of H-pyrrole nitrogens is 1. The molecule has 0 amide bonds. The summed E-state index contributed by atoms with van der Waals surface area (Å²) in [6.45, 7) is 3.82. The second-order valence-electron chi connectivity index (χ2n) is 4.48. The first kappa shape index (κ1) is 12.1. The molecule has 0 aliphatic carbocycles. The molecular formula is C15H14N2OS. The molecule has 3 nitrogen and oxygen atoms in total. The van der Waals surface area contributed by atoms with Crippen LogP contribution in [-0.2, 0) is 6.42 Å². The van der Waals surface area contributed by atoms with E-state index in [2.05, 4.69) is 27.5 Å². The molecule has 2 aromatic heterocycles. The van der Waals surface area contributed by atoms with Crippen LogP contribution >= 0.6 is 11.3 Å². The lowest BCUT2D eigenvalue weighted by Crippen LogP contribution is -2.15. The Morgan fingerprint density at radius 3 is 2.95 bits per heavy atom. The van der Waals surface area contributed by atoms with Crippen molar-refractivity contribution < 1.29 is 0 Å². The van der Waals surface area contributed by atoms with Gasteiger partial charge in [0.2, 0.25) is 0 Å². The lowest BCUT2D eigenvalue weighted by molar-refractivity contribution is 0.912. The van der Waals surface area contributed by atoms with Gasteiger partial charge in [-0.2, -0.15) is 0 Å². The number of fused-ring (bicyclic) bond motifs is 1. The highest BCUT2D eigenvalue weighted by atomic mass is 32.1. The molecular weight excluding hydrogens is 256 g/mol. The molecule has 19 heavy (non-hydrogen) atoms. The van der Waals surface area contributed by atoms with Crippen molar-refractivity contribution in [2.45, 2.75) is 20.3 Å². The molecule has 96 valence electrons. The number of thiophene rings is 1. The molecule has 0 aliphatic rings. The molecule has 0 atom stereocenters. The van der Waals surface area contributed by atoms with E-state index in [9.17, 15) is 4.79 Å². The number of hydrogen-bond donors (Lipinski definition) is 1. The van der Waals surface area contributed by atoms with E-state index in [1.807, 2.05) is 26.0 Å². The van der Waals surface area contributed by atoms with Gasteiger partial charge in [0.1, 0.15) is 5.82 Å². The van der Waals surface area contributed by atoms with Crippen LogP contribution in [0.1, 0.15) is 18.3 Å². The number of aromatic nitrogens is 2. The number of aromatic amines is 1. The fourth-order valence-electron chi connectivity index (χ4n) is 2.19. The van der Waals surface area contributed by atoms with Crippen molar-refractivity contribution in [3.8, 4) is 11.3 Å². The zero-order valence-corrected chi connectivity index (χ0v) is 11.7. The topological polar surface area (TPSA) is 45.8 Å². The van der Waals surface area contributed by atoms with E-state index in [4.69, 9.17) is 0 Å². The third-order valence-electron chi connectivity index (χ3n) is 3.27. The predicted molar refractivity (Wildman–Crippen MR) is 79.8 cm³/mol. The molecule has 0 radical (unpaired) electrons. The number of benzene rings is 1. The molecule has 0 spiro atoms. The average molecular weight is 270 g/mol. The van der Waals surface area contributed by atoms with Gasteiger partial charge in [0.05, 0.1) is 5.69 Å². The van der Waals surface area contributed by atoms with Gasteiger partial charge in [0.25, 0.3) is 5.56 Å². The van der Waals surface area contributed by atoms with Crippen LogP contribution in [-0.4, -0.2) is 9.97 Å². The summed E-state index contributed by atoms with van der Waals surface area (Å²) in [4.78, 5) is 19.4. The maximum Gasteiger partial charge on any atom is 0.254 e. The van der Waals surface area contributed by atoms with Crippen molar-refractivity contribution in [2.75, 3.05) is 0 Å². The Labute approximate surface area is 115 Å². The van der Waals surface area contributed by atoms with E-state index >= 15 is 0 Å². The highest BCUT2D eigenvalue weighted by molar-refractivity contribution is 7.17. The third kappa shape index (κ3) is 1.98. The minimum atomic E-state index is -0.0459. The monoisotopic (exact) mass is 270 g/mol. The van der Waals surface area contributed by atoms with E-state index in [0.29, 0.717) is 5.56 Å². The van der Waals surface area contributed by atoms with E-state index in [-0.39, 0.29) is 5.56 Å². The predicted octanol–water partition coefficient (Wildman–Crippen LogP) is 3.52. The van der Waals surface area contributed by atoms with Crippen molar-refractivity contribution in [1.29, 1.82) is 0 Å². The molecule has 4 heteroatoms. The van der Waals surface area contributed by atoms with Crippen molar-refractivity contribution in [2.24, 2.45) is 0 Å². The Bertz CT molecular complexity index is 801. The molecule has 0 fully saturated rings. The summed E-state index contributed by atoms with van der Waals surface area (Å²) in [6, 6.07) is 8.22. The summed E-state index contributed by atoms with van der Waals surface area (Å²) in [5, 5.41) is 3.26. The van der Waals surface area contributed by atoms with Gasteiger partial charge >= 0.3 is 0 Å². The van der Waals surface area contributed by atoms with Crippen molar-refractivity contribution in [3.63, 3.8) is 0 Å². The summed E-state index contributed by atoms with van der Waals surface area (Å²) in [7, 11) is 0. The Balaban J connectivity index is 2.35. The summed E-state index contributed by atoms with van der Waals surface area (Å²) in [5.41, 5.74) is 2.48. The van der Waals surface area contributed by atoms with E-state index in [0.717, 1.165) is 23.5 Å². The first-order valence-corrected chi connectivity index (χ1v) is 7.15. The van der Waals surface area contributed by atoms with Crippen LogP contribution in [0.5, 0.6) is 0 Å². The van der Waals surface area contributed by atoms with Gasteiger partial charge in [-0.3, -0.25) is 4.79 Å². The molecule has 0 saturated carbocycles. The van der Waals surface area contributed by atoms with Crippen LogP contribution in [0.2, 0.25) is 0 Å². The maximum atomic E-state index is 12.0. The van der Waals surface area contributed by atoms with E-state index < -0.39 is 0 Å². The summed E-state index contributed by atoms with van der Waals surface area (Å²) >= 11 is 1.68. The lowest BCUT2D eigenvalue weighted by Gasteiger charge is -2.07. The van der Waals surface area contributed by atoms with Gasteiger partial charge in [-0.15, -0.1) is 11.3 Å². The fourth-order valence-corrected chi connectivity index (χ4v) is 3.10. The minimum Gasteiger partial charge on any atom is -0.310 e. The molecule has 0 unspecified atom stereocenters. The highest BCUT2D eigenvalue weighted by Gasteiger charge is 2.12. The number of rotatable bonds is 2. The van der Waals surface area contributed by atoms with Crippen molar-refractivity contribution in [3.05, 3.63) is 51.4 Å². The quantitative estimate of drug-likeness (QED) is 0.774. The normalized spacial score (nSPS) is 11.1. The van der Waals surface area contributed by atoms with Gasteiger partial charge in [-0.1, -0.05) is 25.1 Å². The van der Waals surface area contributed by atoms with Crippen LogP contribution < -0.4 is 5.56 Å².